The Morgan fingerprint density at radius 3 is 3.07 bits per heavy atom. The van der Waals surface area contributed by atoms with Crippen molar-refractivity contribution in [3.8, 4) is 0 Å². The normalized spacial score (nSPS) is 42.0. The molecule has 0 aromatic rings. The summed E-state index contributed by atoms with van der Waals surface area (Å²) in [6.07, 6.45) is 7.26. The molecule has 86 valence electrons. The van der Waals surface area contributed by atoms with E-state index in [0.29, 0.717) is 6.10 Å². The summed E-state index contributed by atoms with van der Waals surface area (Å²) < 4.78 is 5.74. The van der Waals surface area contributed by atoms with Gasteiger partial charge in [-0.1, -0.05) is 6.42 Å². The molecule has 0 unspecified atom stereocenters. The summed E-state index contributed by atoms with van der Waals surface area (Å²) in [4.78, 5) is 2.68. The number of ether oxygens (including phenoxy) is 1. The third-order valence-electron chi connectivity index (χ3n) is 4.22. The van der Waals surface area contributed by atoms with Gasteiger partial charge in [0, 0.05) is 38.3 Å². The average molecular weight is 210 g/mol. The predicted molar refractivity (Wildman–Crippen MR) is 60.0 cm³/mol. The van der Waals surface area contributed by atoms with E-state index in [1.165, 1.54) is 51.7 Å². The quantitative estimate of drug-likeness (QED) is 0.735. The van der Waals surface area contributed by atoms with Crippen molar-refractivity contribution in [1.29, 1.82) is 0 Å². The zero-order valence-electron chi connectivity index (χ0n) is 9.45. The van der Waals surface area contributed by atoms with E-state index in [2.05, 4.69) is 10.2 Å². The highest BCUT2D eigenvalue weighted by molar-refractivity contribution is 4.94. The minimum atomic E-state index is 0.532. The summed E-state index contributed by atoms with van der Waals surface area (Å²) in [5.74, 6) is 0. The third-order valence-corrected chi connectivity index (χ3v) is 4.22. The highest BCUT2D eigenvalue weighted by Gasteiger charge is 2.35. The maximum absolute atomic E-state index is 5.74. The molecule has 3 nitrogen and oxygen atoms in total. The molecule has 3 rings (SSSR count). The summed E-state index contributed by atoms with van der Waals surface area (Å²) in [6, 6.07) is 1.59. The smallest absolute Gasteiger partial charge is 0.0702 e. The first-order chi connectivity index (χ1) is 7.43. The van der Waals surface area contributed by atoms with Crippen LogP contribution in [-0.2, 0) is 4.74 Å². The molecule has 3 atom stereocenters. The molecular formula is C12H22N2O. The number of hydrogen-bond acceptors (Lipinski definition) is 3. The molecule has 2 aliphatic heterocycles. The van der Waals surface area contributed by atoms with E-state index in [1.807, 2.05) is 0 Å². The van der Waals surface area contributed by atoms with Crippen LogP contribution in [0.2, 0.25) is 0 Å². The molecule has 1 N–H and O–H groups in total. The largest absolute Gasteiger partial charge is 0.377 e. The Hall–Kier alpha value is -0.120. The van der Waals surface area contributed by atoms with Crippen LogP contribution in [-0.4, -0.2) is 49.3 Å². The van der Waals surface area contributed by atoms with Crippen LogP contribution in [0.15, 0.2) is 0 Å². The third kappa shape index (κ3) is 2.05. The predicted octanol–water partition coefficient (Wildman–Crippen LogP) is 0.992. The van der Waals surface area contributed by atoms with Crippen molar-refractivity contribution in [3.05, 3.63) is 0 Å². The molecular weight excluding hydrogens is 188 g/mol. The summed E-state index contributed by atoms with van der Waals surface area (Å²) in [5.41, 5.74) is 0. The van der Waals surface area contributed by atoms with E-state index in [4.69, 9.17) is 4.74 Å². The van der Waals surface area contributed by atoms with Crippen LogP contribution in [0, 0.1) is 0 Å². The number of nitrogens with zero attached hydrogens (tertiary/aromatic N) is 1. The summed E-state index contributed by atoms with van der Waals surface area (Å²) in [6.45, 7) is 4.57. The van der Waals surface area contributed by atoms with Crippen LogP contribution < -0.4 is 5.32 Å². The van der Waals surface area contributed by atoms with Gasteiger partial charge in [-0.25, -0.2) is 0 Å². The molecule has 3 heteroatoms. The number of nitrogens with one attached hydrogen (secondary N) is 1. The fourth-order valence-corrected chi connectivity index (χ4v) is 3.45. The van der Waals surface area contributed by atoms with Crippen molar-refractivity contribution in [2.24, 2.45) is 0 Å². The molecule has 0 aromatic carbocycles. The Kier molecular flexibility index (Phi) is 2.95. The lowest BCUT2D eigenvalue weighted by Crippen LogP contribution is -2.56. The zero-order chi connectivity index (χ0) is 10.1. The van der Waals surface area contributed by atoms with Crippen molar-refractivity contribution in [3.63, 3.8) is 0 Å². The van der Waals surface area contributed by atoms with Crippen LogP contribution in [0.5, 0.6) is 0 Å². The second-order valence-electron chi connectivity index (χ2n) is 5.19. The van der Waals surface area contributed by atoms with Gasteiger partial charge in [0.15, 0.2) is 0 Å². The van der Waals surface area contributed by atoms with Gasteiger partial charge in [0.1, 0.15) is 0 Å². The second-order valence-corrected chi connectivity index (χ2v) is 5.19. The van der Waals surface area contributed by atoms with Crippen molar-refractivity contribution in [2.45, 2.75) is 50.3 Å². The van der Waals surface area contributed by atoms with Gasteiger partial charge in [0.05, 0.1) is 6.10 Å². The fourth-order valence-electron chi connectivity index (χ4n) is 3.45. The highest BCUT2D eigenvalue weighted by Crippen LogP contribution is 2.27. The van der Waals surface area contributed by atoms with Gasteiger partial charge >= 0.3 is 0 Å². The Labute approximate surface area is 92.2 Å². The van der Waals surface area contributed by atoms with Gasteiger partial charge in [-0.15, -0.1) is 0 Å². The number of hydrogen-bond donors (Lipinski definition) is 1. The van der Waals surface area contributed by atoms with Crippen molar-refractivity contribution in [2.75, 3.05) is 26.2 Å². The highest BCUT2D eigenvalue weighted by atomic mass is 16.5. The summed E-state index contributed by atoms with van der Waals surface area (Å²) in [7, 11) is 0. The summed E-state index contributed by atoms with van der Waals surface area (Å²) in [5, 5.41) is 3.65. The molecule has 1 aliphatic carbocycles. The fraction of sp³-hybridized carbons (Fsp3) is 1.00. The molecule has 0 radical (unpaired) electrons. The SMILES string of the molecule is C1CO[C@H](CN2CCN[C@H]3CCC[C@H]32)C1. The molecule has 0 bridgehead atoms. The van der Waals surface area contributed by atoms with E-state index in [1.54, 1.807) is 0 Å². The van der Waals surface area contributed by atoms with Crippen LogP contribution in [0.1, 0.15) is 32.1 Å². The molecule has 15 heavy (non-hydrogen) atoms. The van der Waals surface area contributed by atoms with Gasteiger partial charge in [-0.3, -0.25) is 4.90 Å². The van der Waals surface area contributed by atoms with Gasteiger partial charge in [0.2, 0.25) is 0 Å². The first-order valence-electron chi connectivity index (χ1n) is 6.52. The molecule has 3 aliphatic rings. The summed E-state index contributed by atoms with van der Waals surface area (Å²) >= 11 is 0. The van der Waals surface area contributed by atoms with E-state index < -0.39 is 0 Å². The lowest BCUT2D eigenvalue weighted by Gasteiger charge is -2.39. The van der Waals surface area contributed by atoms with Crippen molar-refractivity contribution in [1.82, 2.24) is 10.2 Å². The number of piperazine rings is 1. The monoisotopic (exact) mass is 210 g/mol. The molecule has 0 spiro atoms. The zero-order valence-corrected chi connectivity index (χ0v) is 9.45. The van der Waals surface area contributed by atoms with E-state index in [0.717, 1.165) is 18.7 Å². The molecule has 0 amide bonds. The molecule has 0 aromatic heterocycles. The van der Waals surface area contributed by atoms with Gasteiger partial charge in [-0.2, -0.15) is 0 Å². The van der Waals surface area contributed by atoms with Crippen molar-refractivity contribution >= 4 is 0 Å². The second kappa shape index (κ2) is 4.40. The van der Waals surface area contributed by atoms with Gasteiger partial charge in [-0.05, 0) is 25.7 Å². The minimum absolute atomic E-state index is 0.532. The molecule has 1 saturated carbocycles. The Bertz CT molecular complexity index is 216. The number of fused-ring (bicyclic) bond motifs is 1. The Morgan fingerprint density at radius 2 is 2.20 bits per heavy atom. The van der Waals surface area contributed by atoms with Crippen LogP contribution in [0.4, 0.5) is 0 Å². The Balaban J connectivity index is 1.59. The van der Waals surface area contributed by atoms with Crippen molar-refractivity contribution < 1.29 is 4.74 Å². The van der Waals surface area contributed by atoms with Crippen LogP contribution in [0.25, 0.3) is 0 Å². The number of rotatable bonds is 2. The molecule has 2 heterocycles. The lowest BCUT2D eigenvalue weighted by molar-refractivity contribution is 0.0420. The molecule has 2 saturated heterocycles. The maximum Gasteiger partial charge on any atom is 0.0702 e. The van der Waals surface area contributed by atoms with Gasteiger partial charge in [0.25, 0.3) is 0 Å². The molecule has 3 fully saturated rings. The van der Waals surface area contributed by atoms with E-state index >= 15 is 0 Å². The first kappa shape index (κ1) is 10.1. The van der Waals surface area contributed by atoms with Crippen LogP contribution in [0.3, 0.4) is 0 Å². The Morgan fingerprint density at radius 1 is 1.20 bits per heavy atom. The van der Waals surface area contributed by atoms with Gasteiger partial charge < -0.3 is 10.1 Å². The van der Waals surface area contributed by atoms with E-state index in [-0.39, 0.29) is 0 Å². The first-order valence-corrected chi connectivity index (χ1v) is 6.52. The van der Waals surface area contributed by atoms with Crippen LogP contribution >= 0.6 is 0 Å². The minimum Gasteiger partial charge on any atom is -0.377 e. The maximum atomic E-state index is 5.74. The van der Waals surface area contributed by atoms with E-state index in [9.17, 15) is 0 Å². The lowest BCUT2D eigenvalue weighted by atomic mass is 10.1. The standard InChI is InChI=1S/C12H22N2O/c1-4-11-12(5-1)14(7-6-13-11)9-10-3-2-8-15-10/h10-13H,1-9H2/t10-,11-,12+/m0/s1. The topological polar surface area (TPSA) is 24.5 Å². The average Bonchev–Trinajstić information content (AvgIpc) is 2.87.